The number of nitrogens with zero attached hydrogens (tertiary/aromatic N) is 2. The summed E-state index contributed by atoms with van der Waals surface area (Å²) < 4.78 is 0. The molecule has 0 unspecified atom stereocenters. The van der Waals surface area contributed by atoms with Crippen molar-refractivity contribution in [3.8, 4) is 0 Å². The van der Waals surface area contributed by atoms with Gasteiger partial charge in [-0.15, -0.1) is 17.0 Å². The molecule has 0 fully saturated rings. The summed E-state index contributed by atoms with van der Waals surface area (Å²) in [6, 6.07) is 0. The summed E-state index contributed by atoms with van der Waals surface area (Å²) >= 11 is 0. The van der Waals surface area contributed by atoms with E-state index in [4.69, 9.17) is 0 Å². The fourth-order valence-corrected chi connectivity index (χ4v) is 3.63. The van der Waals surface area contributed by atoms with E-state index in [0.29, 0.717) is 6.17 Å². The van der Waals surface area contributed by atoms with Crippen molar-refractivity contribution >= 4 is 17.0 Å². The van der Waals surface area contributed by atoms with Gasteiger partial charge < -0.3 is 9.80 Å². The predicted molar refractivity (Wildman–Crippen MR) is 114 cm³/mol. The molecule has 0 saturated heterocycles. The summed E-state index contributed by atoms with van der Waals surface area (Å²) in [5, 5.41) is 0. The molecule has 0 aromatic rings. The SMILES string of the molecule is Br.CCCCCCCCN1C=CN(CCCCCCCC)C1CC. The van der Waals surface area contributed by atoms with Crippen LogP contribution in [0, 0.1) is 0 Å². The molecule has 3 heteroatoms. The summed E-state index contributed by atoms with van der Waals surface area (Å²) in [6.07, 6.45) is 23.3. The molecule has 0 radical (unpaired) electrons. The summed E-state index contributed by atoms with van der Waals surface area (Å²) in [5.41, 5.74) is 0. The number of halogens is 1. The lowest BCUT2D eigenvalue weighted by Crippen LogP contribution is -2.38. The van der Waals surface area contributed by atoms with Crippen LogP contribution in [0.1, 0.15) is 104 Å². The Morgan fingerprint density at radius 3 is 1.33 bits per heavy atom. The molecule has 0 N–H and O–H groups in total. The zero-order valence-corrected chi connectivity index (χ0v) is 18.4. The number of rotatable bonds is 15. The van der Waals surface area contributed by atoms with Gasteiger partial charge >= 0.3 is 0 Å². The van der Waals surface area contributed by atoms with Gasteiger partial charge in [0.25, 0.3) is 0 Å². The van der Waals surface area contributed by atoms with E-state index in [2.05, 4.69) is 43.0 Å². The lowest BCUT2D eigenvalue weighted by atomic mass is 10.1. The zero-order chi connectivity index (χ0) is 16.8. The Labute approximate surface area is 162 Å². The van der Waals surface area contributed by atoms with Crippen LogP contribution in [0.2, 0.25) is 0 Å². The lowest BCUT2D eigenvalue weighted by molar-refractivity contribution is 0.144. The largest absolute Gasteiger partial charge is 0.356 e. The van der Waals surface area contributed by atoms with Crippen LogP contribution in [0.15, 0.2) is 12.4 Å². The summed E-state index contributed by atoms with van der Waals surface area (Å²) in [6.45, 7) is 9.40. The van der Waals surface area contributed by atoms with Gasteiger partial charge in [0, 0.05) is 25.5 Å². The highest BCUT2D eigenvalue weighted by Crippen LogP contribution is 2.21. The maximum Gasteiger partial charge on any atom is 0.100 e. The van der Waals surface area contributed by atoms with Gasteiger partial charge in [0.1, 0.15) is 6.17 Å². The van der Waals surface area contributed by atoms with Crippen molar-refractivity contribution in [3.63, 3.8) is 0 Å². The second-order valence-corrected chi connectivity index (χ2v) is 7.20. The van der Waals surface area contributed by atoms with E-state index in [1.807, 2.05) is 0 Å². The van der Waals surface area contributed by atoms with Crippen molar-refractivity contribution in [2.45, 2.75) is 110 Å². The first-order valence-corrected chi connectivity index (χ1v) is 10.5. The van der Waals surface area contributed by atoms with Crippen molar-refractivity contribution in [3.05, 3.63) is 12.4 Å². The quantitative estimate of drug-likeness (QED) is 0.269. The second-order valence-electron chi connectivity index (χ2n) is 7.20. The van der Waals surface area contributed by atoms with E-state index in [1.54, 1.807) is 0 Å². The molecule has 2 nitrogen and oxygen atoms in total. The van der Waals surface area contributed by atoms with Crippen molar-refractivity contribution in [1.82, 2.24) is 9.80 Å². The van der Waals surface area contributed by atoms with Crippen LogP contribution in [-0.4, -0.2) is 29.1 Å². The minimum absolute atomic E-state index is 0. The van der Waals surface area contributed by atoms with Crippen LogP contribution in [-0.2, 0) is 0 Å². The fourth-order valence-electron chi connectivity index (χ4n) is 3.63. The normalized spacial score (nSPS) is 14.5. The van der Waals surface area contributed by atoms with Gasteiger partial charge in [-0.2, -0.15) is 0 Å². The molecule has 1 aliphatic rings. The topological polar surface area (TPSA) is 6.48 Å². The van der Waals surface area contributed by atoms with Gasteiger partial charge in [0.05, 0.1) is 0 Å². The third-order valence-electron chi connectivity index (χ3n) is 5.12. The van der Waals surface area contributed by atoms with E-state index in [9.17, 15) is 0 Å². The van der Waals surface area contributed by atoms with Crippen molar-refractivity contribution in [2.24, 2.45) is 0 Å². The molecule has 0 aromatic heterocycles. The highest BCUT2D eigenvalue weighted by molar-refractivity contribution is 8.93. The van der Waals surface area contributed by atoms with Crippen LogP contribution in [0.3, 0.4) is 0 Å². The first-order chi connectivity index (χ1) is 11.3. The van der Waals surface area contributed by atoms with Gasteiger partial charge in [0.2, 0.25) is 0 Å². The third-order valence-corrected chi connectivity index (χ3v) is 5.12. The molecular weight excluding hydrogens is 360 g/mol. The van der Waals surface area contributed by atoms with Gasteiger partial charge in [-0.05, 0) is 19.3 Å². The van der Waals surface area contributed by atoms with Crippen LogP contribution >= 0.6 is 17.0 Å². The number of unbranched alkanes of at least 4 members (excludes halogenated alkanes) is 10. The Hall–Kier alpha value is -0.180. The second kappa shape index (κ2) is 16.3. The molecule has 24 heavy (non-hydrogen) atoms. The van der Waals surface area contributed by atoms with Gasteiger partial charge in [-0.3, -0.25) is 0 Å². The van der Waals surface area contributed by atoms with E-state index < -0.39 is 0 Å². The average Bonchev–Trinajstić information content (AvgIpc) is 2.96. The molecular formula is C21H43BrN2. The minimum Gasteiger partial charge on any atom is -0.356 e. The molecule has 1 rings (SSSR count). The van der Waals surface area contributed by atoms with E-state index in [0.717, 1.165) is 0 Å². The Morgan fingerprint density at radius 1 is 0.583 bits per heavy atom. The standard InChI is InChI=1S/C21H42N2.BrH/c1-4-7-9-11-13-15-17-22-19-20-23(21(22)6-3)18-16-14-12-10-8-5-2;/h19-21H,4-18H2,1-3H3;1H. The fraction of sp³-hybridized carbons (Fsp3) is 0.905. The smallest absolute Gasteiger partial charge is 0.100 e. The third kappa shape index (κ3) is 9.96. The van der Waals surface area contributed by atoms with Crippen molar-refractivity contribution < 1.29 is 0 Å². The lowest BCUT2D eigenvalue weighted by Gasteiger charge is -2.32. The Bertz CT molecular complexity index is 268. The minimum atomic E-state index is 0. The molecule has 0 aromatic carbocycles. The highest BCUT2D eigenvalue weighted by Gasteiger charge is 2.23. The average molecular weight is 403 g/mol. The van der Waals surface area contributed by atoms with E-state index >= 15 is 0 Å². The number of hydrogen-bond acceptors (Lipinski definition) is 2. The Morgan fingerprint density at radius 2 is 0.958 bits per heavy atom. The summed E-state index contributed by atoms with van der Waals surface area (Å²) in [5.74, 6) is 0. The Kier molecular flexibility index (Phi) is 16.2. The monoisotopic (exact) mass is 402 g/mol. The van der Waals surface area contributed by atoms with Crippen LogP contribution in [0.4, 0.5) is 0 Å². The molecule has 1 aliphatic heterocycles. The molecule has 0 saturated carbocycles. The summed E-state index contributed by atoms with van der Waals surface area (Å²) in [7, 11) is 0. The highest BCUT2D eigenvalue weighted by atomic mass is 79.9. The molecule has 0 amide bonds. The van der Waals surface area contributed by atoms with Crippen LogP contribution in [0.5, 0.6) is 0 Å². The molecule has 144 valence electrons. The van der Waals surface area contributed by atoms with E-state index in [-0.39, 0.29) is 17.0 Å². The first-order valence-electron chi connectivity index (χ1n) is 10.5. The molecule has 0 bridgehead atoms. The van der Waals surface area contributed by atoms with E-state index in [1.165, 1.54) is 96.6 Å². The molecule has 0 spiro atoms. The predicted octanol–water partition coefficient (Wildman–Crippen LogP) is 7.11. The summed E-state index contributed by atoms with van der Waals surface area (Å²) in [4.78, 5) is 5.16. The van der Waals surface area contributed by atoms with Crippen molar-refractivity contribution in [2.75, 3.05) is 13.1 Å². The van der Waals surface area contributed by atoms with Crippen molar-refractivity contribution in [1.29, 1.82) is 0 Å². The zero-order valence-electron chi connectivity index (χ0n) is 16.6. The Balaban J connectivity index is 0.00000529. The maximum atomic E-state index is 2.58. The van der Waals surface area contributed by atoms with Crippen LogP contribution in [0.25, 0.3) is 0 Å². The van der Waals surface area contributed by atoms with Crippen LogP contribution < -0.4 is 0 Å². The number of hydrogen-bond donors (Lipinski definition) is 0. The van der Waals surface area contributed by atoms with Gasteiger partial charge in [0.15, 0.2) is 0 Å². The van der Waals surface area contributed by atoms with Gasteiger partial charge in [-0.1, -0.05) is 85.0 Å². The maximum absolute atomic E-state index is 2.58. The molecule has 0 atom stereocenters. The van der Waals surface area contributed by atoms with Gasteiger partial charge in [-0.25, -0.2) is 0 Å². The molecule has 1 heterocycles. The molecule has 0 aliphatic carbocycles. The first kappa shape index (κ1) is 23.8.